The smallest absolute Gasteiger partial charge is 1.00 e. The van der Waals surface area contributed by atoms with E-state index in [0.717, 1.165) is 41.7 Å². The van der Waals surface area contributed by atoms with Crippen LogP contribution in [0.15, 0.2) is 71.6 Å². The van der Waals surface area contributed by atoms with Crippen LogP contribution in [0, 0.1) is 0 Å². The fraction of sp³-hybridized carbons (Fsp3) is 0.231. The first kappa shape index (κ1) is 27.9. The number of hydrogen-bond acceptors (Lipinski definition) is 5. The standard InChI is InChI=1S/C26H26ClNO4S.Li.H/c1-31-21-12-9-19(10-13-21)6-4-5-17-32-24-15-11-20(28-23(24)14-16-26(29)30)18-33-25-8-3-2-7-22(25)27;;/h2-3,7-16H,4-6,17-18H2,1H3,(H,29,30);;/q;+1;-1. The number of carboxylic acid groups (broad SMARTS) is 1. The first-order valence-electron chi connectivity index (χ1n) is 10.6. The first-order valence-corrected chi connectivity index (χ1v) is 12.0. The van der Waals surface area contributed by atoms with Crippen molar-refractivity contribution < 1.29 is 39.7 Å². The average molecular weight is 492 g/mol. The summed E-state index contributed by atoms with van der Waals surface area (Å²) < 4.78 is 11.1. The van der Waals surface area contributed by atoms with Crippen LogP contribution in [-0.4, -0.2) is 29.8 Å². The fourth-order valence-corrected chi connectivity index (χ4v) is 4.24. The maximum absolute atomic E-state index is 11.0. The molecule has 0 aliphatic rings. The molecule has 0 atom stereocenters. The summed E-state index contributed by atoms with van der Waals surface area (Å²) in [5, 5.41) is 9.72. The number of halogens is 1. The zero-order valence-electron chi connectivity index (χ0n) is 20.4. The minimum atomic E-state index is -1.03. The van der Waals surface area contributed by atoms with Gasteiger partial charge >= 0.3 is 24.8 Å². The van der Waals surface area contributed by atoms with E-state index in [1.807, 2.05) is 48.5 Å². The van der Waals surface area contributed by atoms with Gasteiger partial charge in [-0.25, -0.2) is 9.78 Å². The number of hydrogen-bond donors (Lipinski definition) is 1. The zero-order chi connectivity index (χ0) is 23.5. The Morgan fingerprint density at radius 2 is 1.88 bits per heavy atom. The summed E-state index contributed by atoms with van der Waals surface area (Å²) in [6.07, 6.45) is 5.35. The quantitative estimate of drug-likeness (QED) is 0.180. The van der Waals surface area contributed by atoms with Gasteiger partial charge in [-0.3, -0.25) is 0 Å². The average Bonchev–Trinajstić information content (AvgIpc) is 2.83. The molecule has 0 fully saturated rings. The predicted octanol–water partition coefficient (Wildman–Crippen LogP) is 3.65. The molecule has 174 valence electrons. The Labute approximate surface area is 223 Å². The van der Waals surface area contributed by atoms with Crippen molar-refractivity contribution in [3.63, 3.8) is 0 Å². The van der Waals surface area contributed by atoms with E-state index in [4.69, 9.17) is 26.2 Å². The van der Waals surface area contributed by atoms with E-state index in [1.165, 1.54) is 11.6 Å². The molecule has 3 rings (SSSR count). The van der Waals surface area contributed by atoms with E-state index in [0.29, 0.717) is 28.8 Å². The molecule has 0 aliphatic carbocycles. The number of carbonyl (C=O) groups is 1. The number of pyridine rings is 1. The number of thioether (sulfide) groups is 1. The molecule has 1 heterocycles. The molecule has 0 bridgehead atoms. The molecular weight excluding hydrogens is 465 g/mol. The van der Waals surface area contributed by atoms with Crippen molar-refractivity contribution in [2.75, 3.05) is 13.7 Å². The van der Waals surface area contributed by atoms with Gasteiger partial charge in [-0.15, -0.1) is 11.8 Å². The van der Waals surface area contributed by atoms with Crippen LogP contribution in [0.25, 0.3) is 6.08 Å². The van der Waals surface area contributed by atoms with E-state index >= 15 is 0 Å². The van der Waals surface area contributed by atoms with Gasteiger partial charge in [-0.05, 0) is 67.3 Å². The third kappa shape index (κ3) is 9.12. The van der Waals surface area contributed by atoms with Gasteiger partial charge in [0.05, 0.1) is 24.4 Å². The Kier molecular flexibility index (Phi) is 12.1. The molecular formula is C26H27ClLiNO4S. The Bertz CT molecular complexity index is 1100. The molecule has 34 heavy (non-hydrogen) atoms. The van der Waals surface area contributed by atoms with Crippen molar-refractivity contribution in [2.45, 2.75) is 29.9 Å². The van der Waals surface area contributed by atoms with E-state index in [9.17, 15) is 4.79 Å². The van der Waals surface area contributed by atoms with Crippen LogP contribution in [0.2, 0.25) is 5.02 Å². The van der Waals surface area contributed by atoms with Crippen LogP contribution in [-0.2, 0) is 17.0 Å². The first-order chi connectivity index (χ1) is 16.0. The normalized spacial score (nSPS) is 10.6. The Balaban J connectivity index is 0.00000306. The molecule has 0 spiro atoms. The molecule has 0 unspecified atom stereocenters. The number of carboxylic acids is 1. The van der Waals surface area contributed by atoms with Crippen LogP contribution in [0.3, 0.4) is 0 Å². The Morgan fingerprint density at radius 1 is 1.12 bits per heavy atom. The van der Waals surface area contributed by atoms with Crippen molar-refractivity contribution in [1.82, 2.24) is 4.98 Å². The second kappa shape index (κ2) is 14.8. The summed E-state index contributed by atoms with van der Waals surface area (Å²) in [4.78, 5) is 16.6. The predicted molar refractivity (Wildman–Crippen MR) is 134 cm³/mol. The maximum Gasteiger partial charge on any atom is 1.00 e. The van der Waals surface area contributed by atoms with Crippen molar-refractivity contribution >= 4 is 35.4 Å². The number of rotatable bonds is 12. The second-order valence-electron chi connectivity index (χ2n) is 7.23. The van der Waals surface area contributed by atoms with Crippen LogP contribution >= 0.6 is 23.4 Å². The van der Waals surface area contributed by atoms with Gasteiger partial charge in [-0.2, -0.15) is 0 Å². The monoisotopic (exact) mass is 491 g/mol. The van der Waals surface area contributed by atoms with Crippen LogP contribution in [0.1, 0.15) is 31.2 Å². The van der Waals surface area contributed by atoms with Crippen molar-refractivity contribution in [2.24, 2.45) is 0 Å². The molecule has 0 radical (unpaired) electrons. The number of unbranched alkanes of at least 4 members (excludes halogenated alkanes) is 1. The largest absolute Gasteiger partial charge is 1.00 e. The number of benzene rings is 2. The molecule has 8 heteroatoms. The van der Waals surface area contributed by atoms with Crippen molar-refractivity contribution in [3.05, 3.63) is 88.7 Å². The summed E-state index contributed by atoms with van der Waals surface area (Å²) in [7, 11) is 1.66. The van der Waals surface area contributed by atoms with Gasteiger partial charge in [0.15, 0.2) is 0 Å². The molecule has 1 aromatic heterocycles. The number of aryl methyl sites for hydroxylation is 1. The molecule has 0 saturated heterocycles. The maximum atomic E-state index is 11.0. The molecule has 1 N–H and O–H groups in total. The SMILES string of the molecule is COc1ccc(CCCCOc2ccc(CSc3ccccc3Cl)nc2C=CC(=O)O)cc1.[H-].[Li+]. The summed E-state index contributed by atoms with van der Waals surface area (Å²) in [5.74, 6) is 1.01. The third-order valence-electron chi connectivity index (χ3n) is 4.82. The van der Waals surface area contributed by atoms with E-state index in [-0.39, 0.29) is 20.3 Å². The van der Waals surface area contributed by atoms with E-state index in [1.54, 1.807) is 18.9 Å². The molecule has 2 aromatic carbocycles. The number of aliphatic carboxylic acids is 1. The van der Waals surface area contributed by atoms with Crippen LogP contribution in [0.4, 0.5) is 0 Å². The third-order valence-corrected chi connectivity index (χ3v) is 6.36. The van der Waals surface area contributed by atoms with Crippen LogP contribution < -0.4 is 28.3 Å². The Morgan fingerprint density at radius 3 is 2.59 bits per heavy atom. The van der Waals surface area contributed by atoms with E-state index in [2.05, 4.69) is 17.1 Å². The number of nitrogens with zero attached hydrogens (tertiary/aromatic N) is 1. The Hall–Kier alpha value is -2.36. The zero-order valence-corrected chi connectivity index (χ0v) is 20.9. The van der Waals surface area contributed by atoms with Gasteiger partial charge in [0.2, 0.25) is 0 Å². The van der Waals surface area contributed by atoms with Gasteiger partial charge < -0.3 is 16.0 Å². The molecule has 0 saturated carbocycles. The topological polar surface area (TPSA) is 68.7 Å². The summed E-state index contributed by atoms with van der Waals surface area (Å²) in [5.41, 5.74) is 2.57. The molecule has 0 aliphatic heterocycles. The van der Waals surface area contributed by atoms with Crippen molar-refractivity contribution in [3.8, 4) is 11.5 Å². The molecule has 0 amide bonds. The van der Waals surface area contributed by atoms with Gasteiger partial charge in [0.25, 0.3) is 0 Å². The van der Waals surface area contributed by atoms with Gasteiger partial charge in [-0.1, -0.05) is 35.9 Å². The summed E-state index contributed by atoms with van der Waals surface area (Å²) in [6, 6.07) is 19.4. The van der Waals surface area contributed by atoms with Crippen LogP contribution in [0.5, 0.6) is 11.5 Å². The van der Waals surface area contributed by atoms with Gasteiger partial charge in [0.1, 0.15) is 17.2 Å². The van der Waals surface area contributed by atoms with Crippen molar-refractivity contribution in [1.29, 1.82) is 0 Å². The van der Waals surface area contributed by atoms with E-state index < -0.39 is 5.97 Å². The second-order valence-corrected chi connectivity index (χ2v) is 8.65. The van der Waals surface area contributed by atoms with Gasteiger partial charge in [0, 0.05) is 16.7 Å². The number of ether oxygens (including phenoxy) is 2. The summed E-state index contributed by atoms with van der Waals surface area (Å²) >= 11 is 7.80. The fourth-order valence-electron chi connectivity index (χ4n) is 3.10. The summed E-state index contributed by atoms with van der Waals surface area (Å²) in [6.45, 7) is 0.527. The minimum Gasteiger partial charge on any atom is -1.00 e. The molecule has 5 nitrogen and oxygen atoms in total. The number of methoxy groups -OCH3 is 1. The molecule has 3 aromatic rings. The number of aromatic nitrogens is 1. The minimum absolute atomic E-state index is 0.